The molecule has 0 saturated carbocycles. The zero-order chi connectivity index (χ0) is 11.4. The third-order valence-electron chi connectivity index (χ3n) is 2.90. The number of nitrogens with one attached hydrogen (secondary N) is 1. The van der Waals surface area contributed by atoms with Crippen LogP contribution in [0.3, 0.4) is 0 Å². The lowest BCUT2D eigenvalue weighted by molar-refractivity contribution is 0.0272. The smallest absolute Gasteiger partial charge is 0.142 e. The van der Waals surface area contributed by atoms with Crippen LogP contribution in [0.25, 0.3) is 0 Å². The van der Waals surface area contributed by atoms with E-state index in [1.807, 2.05) is 18.2 Å². The first kappa shape index (κ1) is 11.4. The van der Waals surface area contributed by atoms with Crippen LogP contribution < -0.4 is 10.2 Å². The van der Waals surface area contributed by atoms with Gasteiger partial charge in [0, 0.05) is 25.3 Å². The number of nitrogens with zero attached hydrogens (tertiary/aromatic N) is 1. The van der Waals surface area contributed by atoms with Gasteiger partial charge in [0.25, 0.3) is 0 Å². The summed E-state index contributed by atoms with van der Waals surface area (Å²) in [5.74, 6) is 0. The van der Waals surface area contributed by atoms with Gasteiger partial charge >= 0.3 is 0 Å². The molecule has 1 aliphatic heterocycles. The minimum absolute atomic E-state index is 0.127. The van der Waals surface area contributed by atoms with Crippen molar-refractivity contribution in [2.24, 2.45) is 0 Å². The van der Waals surface area contributed by atoms with Gasteiger partial charge in [0.2, 0.25) is 0 Å². The van der Waals surface area contributed by atoms with Gasteiger partial charge in [0.15, 0.2) is 0 Å². The van der Waals surface area contributed by atoms with E-state index in [-0.39, 0.29) is 6.23 Å². The molecule has 3 nitrogen and oxygen atoms in total. The molecule has 3 heteroatoms. The number of para-hydroxylation sites is 1. The number of rotatable bonds is 3. The Hall–Kier alpha value is -1.06. The lowest BCUT2D eigenvalue weighted by atomic mass is 10.1. The third-order valence-corrected chi connectivity index (χ3v) is 2.90. The minimum atomic E-state index is 0.127. The van der Waals surface area contributed by atoms with Gasteiger partial charge in [-0.1, -0.05) is 18.2 Å². The predicted octanol–water partition coefficient (Wildman–Crippen LogP) is 1.64. The molecule has 16 heavy (non-hydrogen) atoms. The highest BCUT2D eigenvalue weighted by Crippen LogP contribution is 2.22. The van der Waals surface area contributed by atoms with Crippen LogP contribution in [-0.4, -0.2) is 32.5 Å². The van der Waals surface area contributed by atoms with E-state index in [4.69, 9.17) is 4.74 Å². The second-order valence-corrected chi connectivity index (χ2v) is 3.94. The first-order valence-corrected chi connectivity index (χ1v) is 5.83. The van der Waals surface area contributed by atoms with Crippen molar-refractivity contribution in [3.8, 4) is 0 Å². The second-order valence-electron chi connectivity index (χ2n) is 3.94. The molecule has 1 saturated heterocycles. The van der Waals surface area contributed by atoms with Crippen molar-refractivity contribution in [3.05, 3.63) is 36.8 Å². The second kappa shape index (κ2) is 5.32. The summed E-state index contributed by atoms with van der Waals surface area (Å²) in [5.41, 5.74) is 2.22. The monoisotopic (exact) mass is 219 g/mol. The van der Waals surface area contributed by atoms with Crippen LogP contribution in [0, 0.1) is 6.92 Å². The first-order valence-electron chi connectivity index (χ1n) is 5.83. The molecule has 0 bridgehead atoms. The standard InChI is InChI=1S/C13H19N2O/c1-3-15(13-10-14-8-9-16-13)12-7-5-4-6-11(12)2/h4-7,13-14H,2-3,8-10H2,1H3. The molecule has 1 heterocycles. The van der Waals surface area contributed by atoms with Crippen molar-refractivity contribution >= 4 is 5.69 Å². The molecule has 1 aromatic carbocycles. The zero-order valence-corrected chi connectivity index (χ0v) is 9.78. The topological polar surface area (TPSA) is 24.5 Å². The highest BCUT2D eigenvalue weighted by atomic mass is 16.5. The fourth-order valence-electron chi connectivity index (χ4n) is 2.07. The van der Waals surface area contributed by atoms with Crippen molar-refractivity contribution in [1.29, 1.82) is 0 Å². The Morgan fingerprint density at radius 1 is 1.50 bits per heavy atom. The summed E-state index contributed by atoms with van der Waals surface area (Å²) in [6, 6.07) is 8.20. The largest absolute Gasteiger partial charge is 0.356 e. The number of hydrogen-bond acceptors (Lipinski definition) is 3. The summed E-state index contributed by atoms with van der Waals surface area (Å²) in [5, 5.41) is 3.35. The zero-order valence-electron chi connectivity index (χ0n) is 9.78. The van der Waals surface area contributed by atoms with Crippen LogP contribution in [-0.2, 0) is 4.74 Å². The van der Waals surface area contributed by atoms with E-state index < -0.39 is 0 Å². The molecule has 1 atom stereocenters. The lowest BCUT2D eigenvalue weighted by Gasteiger charge is -2.36. The number of anilines is 1. The summed E-state index contributed by atoms with van der Waals surface area (Å²) in [4.78, 5) is 2.26. The molecule has 1 N–H and O–H groups in total. The highest BCUT2D eigenvalue weighted by Gasteiger charge is 2.21. The Morgan fingerprint density at radius 3 is 2.94 bits per heavy atom. The van der Waals surface area contributed by atoms with Crippen molar-refractivity contribution in [2.45, 2.75) is 13.2 Å². The van der Waals surface area contributed by atoms with Crippen LogP contribution in [0.15, 0.2) is 24.3 Å². The van der Waals surface area contributed by atoms with Crippen LogP contribution in [0.1, 0.15) is 12.5 Å². The van der Waals surface area contributed by atoms with E-state index in [1.165, 1.54) is 5.69 Å². The molecule has 1 aromatic rings. The molecule has 0 aliphatic carbocycles. The predicted molar refractivity (Wildman–Crippen MR) is 66.5 cm³/mol. The fraction of sp³-hybridized carbons (Fsp3) is 0.462. The maximum absolute atomic E-state index is 5.78. The molecule has 1 radical (unpaired) electrons. The summed E-state index contributed by atoms with van der Waals surface area (Å²) in [6.07, 6.45) is 0.127. The van der Waals surface area contributed by atoms with Crippen molar-refractivity contribution in [2.75, 3.05) is 31.1 Å². The number of ether oxygens (including phenoxy) is 1. The highest BCUT2D eigenvalue weighted by molar-refractivity contribution is 5.55. The summed E-state index contributed by atoms with van der Waals surface area (Å²) >= 11 is 0. The normalized spacial score (nSPS) is 20.8. The Morgan fingerprint density at radius 2 is 2.31 bits per heavy atom. The number of benzene rings is 1. The van der Waals surface area contributed by atoms with Crippen LogP contribution in [0.2, 0.25) is 0 Å². The Bertz CT molecular complexity index is 334. The maximum Gasteiger partial charge on any atom is 0.142 e. The molecular weight excluding hydrogens is 200 g/mol. The third kappa shape index (κ3) is 2.36. The van der Waals surface area contributed by atoms with Crippen LogP contribution in [0.5, 0.6) is 0 Å². The quantitative estimate of drug-likeness (QED) is 0.836. The van der Waals surface area contributed by atoms with Crippen LogP contribution in [0.4, 0.5) is 5.69 Å². The number of likely N-dealkylation sites (N-methyl/N-ethyl adjacent to an activating group) is 1. The van der Waals surface area contributed by atoms with Gasteiger partial charge in [-0.15, -0.1) is 0 Å². The van der Waals surface area contributed by atoms with Crippen LogP contribution >= 0.6 is 0 Å². The fourth-order valence-corrected chi connectivity index (χ4v) is 2.07. The van der Waals surface area contributed by atoms with E-state index in [0.717, 1.165) is 31.8 Å². The summed E-state index contributed by atoms with van der Waals surface area (Å²) in [6.45, 7) is 9.74. The number of morpholine rings is 1. The molecular formula is C13H19N2O. The average molecular weight is 219 g/mol. The molecule has 0 aromatic heterocycles. The van der Waals surface area contributed by atoms with E-state index >= 15 is 0 Å². The Kier molecular flexibility index (Phi) is 3.80. The maximum atomic E-state index is 5.78. The molecule has 1 fully saturated rings. The molecule has 87 valence electrons. The van der Waals surface area contributed by atoms with Gasteiger partial charge in [0.1, 0.15) is 6.23 Å². The Balaban J connectivity index is 2.18. The lowest BCUT2D eigenvalue weighted by Crippen LogP contribution is -2.49. The van der Waals surface area contributed by atoms with Gasteiger partial charge in [-0.2, -0.15) is 0 Å². The van der Waals surface area contributed by atoms with Gasteiger partial charge < -0.3 is 15.0 Å². The van der Waals surface area contributed by atoms with Gasteiger partial charge in [0.05, 0.1) is 6.61 Å². The van der Waals surface area contributed by atoms with E-state index in [2.05, 4.69) is 30.1 Å². The summed E-state index contributed by atoms with van der Waals surface area (Å²) in [7, 11) is 0. The van der Waals surface area contributed by atoms with E-state index in [9.17, 15) is 0 Å². The SMILES string of the molecule is [CH2]c1ccccc1N(CC)C1CNCCO1. The van der Waals surface area contributed by atoms with Gasteiger partial charge in [-0.25, -0.2) is 0 Å². The minimum Gasteiger partial charge on any atom is -0.356 e. The molecule has 1 unspecified atom stereocenters. The average Bonchev–Trinajstić information content (AvgIpc) is 2.34. The van der Waals surface area contributed by atoms with Crippen molar-refractivity contribution in [1.82, 2.24) is 5.32 Å². The number of hydrogen-bond donors (Lipinski definition) is 1. The molecule has 2 rings (SSSR count). The van der Waals surface area contributed by atoms with E-state index in [1.54, 1.807) is 0 Å². The Labute approximate surface area is 97.4 Å². The van der Waals surface area contributed by atoms with E-state index in [0.29, 0.717) is 0 Å². The van der Waals surface area contributed by atoms with Crippen molar-refractivity contribution in [3.63, 3.8) is 0 Å². The van der Waals surface area contributed by atoms with Gasteiger partial charge in [-0.3, -0.25) is 0 Å². The van der Waals surface area contributed by atoms with Gasteiger partial charge in [-0.05, 0) is 25.5 Å². The first-order chi connectivity index (χ1) is 7.83. The molecule has 0 amide bonds. The van der Waals surface area contributed by atoms with Crippen molar-refractivity contribution < 1.29 is 4.74 Å². The summed E-state index contributed by atoms with van der Waals surface area (Å²) < 4.78 is 5.78. The molecule has 0 spiro atoms. The molecule has 1 aliphatic rings.